The van der Waals surface area contributed by atoms with Crippen LogP contribution in [0.3, 0.4) is 0 Å². The fraction of sp³-hybridized carbons (Fsp3) is 0. The first-order chi connectivity index (χ1) is 11.7. The molecule has 0 fully saturated rings. The fourth-order valence-corrected chi connectivity index (χ4v) is 2.72. The smallest absolute Gasteiger partial charge is 0.165 e. The van der Waals surface area contributed by atoms with Crippen molar-refractivity contribution in [1.29, 1.82) is 0 Å². The quantitative estimate of drug-likeness (QED) is 0.561. The first-order valence-corrected chi connectivity index (χ1v) is 7.69. The van der Waals surface area contributed by atoms with E-state index in [2.05, 4.69) is 19.9 Å². The van der Waals surface area contributed by atoms with E-state index in [1.54, 1.807) is 12.3 Å². The molecule has 24 heavy (non-hydrogen) atoms. The number of nitrogens with two attached hydrogens (primary N) is 1. The maximum atomic E-state index is 6.08. The summed E-state index contributed by atoms with van der Waals surface area (Å²) in [5.74, 6) is 0.409. The number of benzene rings is 1. The molecule has 0 spiro atoms. The first kappa shape index (κ1) is 14.5. The van der Waals surface area contributed by atoms with Crippen molar-refractivity contribution < 1.29 is 0 Å². The molecule has 116 valence electrons. The van der Waals surface area contributed by atoms with Crippen LogP contribution in [0.2, 0.25) is 5.15 Å². The summed E-state index contributed by atoms with van der Waals surface area (Å²) in [6.45, 7) is 0. The molecule has 0 saturated carbocycles. The Hall–Kier alpha value is -3.05. The molecule has 0 unspecified atom stereocenters. The van der Waals surface area contributed by atoms with Crippen LogP contribution in [0.5, 0.6) is 0 Å². The van der Waals surface area contributed by atoms with Crippen LogP contribution in [0.15, 0.2) is 61.1 Å². The van der Waals surface area contributed by atoms with Gasteiger partial charge in [0.25, 0.3) is 0 Å². The van der Waals surface area contributed by atoms with Crippen LogP contribution in [0.1, 0.15) is 0 Å². The minimum absolute atomic E-state index is 0.409. The van der Waals surface area contributed by atoms with E-state index >= 15 is 0 Å². The summed E-state index contributed by atoms with van der Waals surface area (Å²) in [7, 11) is 0. The summed E-state index contributed by atoms with van der Waals surface area (Å²) in [5, 5.41) is 1.18. The molecule has 0 aliphatic carbocycles. The van der Waals surface area contributed by atoms with Crippen LogP contribution in [0.25, 0.3) is 33.4 Å². The fourth-order valence-electron chi connectivity index (χ4n) is 2.61. The average molecular weight is 334 g/mol. The highest BCUT2D eigenvalue weighted by molar-refractivity contribution is 6.29. The first-order valence-electron chi connectivity index (χ1n) is 7.31. The molecule has 0 aliphatic rings. The Morgan fingerprint density at radius 3 is 2.46 bits per heavy atom. The van der Waals surface area contributed by atoms with E-state index in [9.17, 15) is 0 Å². The van der Waals surface area contributed by atoms with Crippen molar-refractivity contribution in [2.24, 2.45) is 0 Å². The van der Waals surface area contributed by atoms with Gasteiger partial charge < -0.3 is 5.73 Å². The second-order valence-corrected chi connectivity index (χ2v) is 5.64. The summed E-state index contributed by atoms with van der Waals surface area (Å²) in [5.41, 5.74) is 10.2. The van der Waals surface area contributed by atoms with Gasteiger partial charge >= 0.3 is 0 Å². The van der Waals surface area contributed by atoms with Gasteiger partial charge in [-0.05, 0) is 29.3 Å². The molecule has 5 nitrogen and oxygen atoms in total. The molecule has 0 atom stereocenters. The van der Waals surface area contributed by atoms with Crippen LogP contribution >= 0.6 is 11.6 Å². The second-order valence-electron chi connectivity index (χ2n) is 5.25. The molecule has 0 amide bonds. The lowest BCUT2D eigenvalue weighted by Crippen LogP contribution is -1.98. The molecule has 0 radical (unpaired) electrons. The Labute approximate surface area is 143 Å². The van der Waals surface area contributed by atoms with Crippen molar-refractivity contribution in [1.82, 2.24) is 19.9 Å². The summed E-state index contributed by atoms with van der Waals surface area (Å²) in [6.07, 6.45) is 3.11. The van der Waals surface area contributed by atoms with E-state index in [1.807, 2.05) is 42.5 Å². The van der Waals surface area contributed by atoms with Crippen LogP contribution in [-0.4, -0.2) is 19.9 Å². The van der Waals surface area contributed by atoms with Crippen LogP contribution in [0, 0.1) is 0 Å². The number of pyridine rings is 2. The molecular formula is C18H12ClN5. The van der Waals surface area contributed by atoms with Gasteiger partial charge in [0.1, 0.15) is 17.3 Å². The number of nitrogens with zero attached hydrogens (tertiary/aromatic N) is 4. The van der Waals surface area contributed by atoms with E-state index in [0.717, 1.165) is 27.8 Å². The van der Waals surface area contributed by atoms with Crippen molar-refractivity contribution in [2.45, 2.75) is 0 Å². The van der Waals surface area contributed by atoms with Crippen molar-refractivity contribution >= 4 is 28.5 Å². The highest BCUT2D eigenvalue weighted by atomic mass is 35.5. The molecular weight excluding hydrogens is 322 g/mol. The zero-order chi connectivity index (χ0) is 16.5. The summed E-state index contributed by atoms with van der Waals surface area (Å²) in [4.78, 5) is 17.1. The zero-order valence-electron chi connectivity index (χ0n) is 12.5. The predicted molar refractivity (Wildman–Crippen MR) is 95.4 cm³/mol. The van der Waals surface area contributed by atoms with Gasteiger partial charge in [-0.1, -0.05) is 41.9 Å². The SMILES string of the molecule is Nc1ncnc2nc(-c3ccc(Cl)nc3)cc(-c3ccccc3)c12. The number of anilines is 1. The molecule has 0 aliphatic heterocycles. The second kappa shape index (κ2) is 5.86. The number of hydrogen-bond acceptors (Lipinski definition) is 5. The lowest BCUT2D eigenvalue weighted by molar-refractivity contribution is 1.19. The number of fused-ring (bicyclic) bond motifs is 1. The number of halogens is 1. The largest absolute Gasteiger partial charge is 0.383 e. The molecule has 3 aromatic heterocycles. The normalized spacial score (nSPS) is 10.9. The molecule has 3 heterocycles. The highest BCUT2D eigenvalue weighted by Crippen LogP contribution is 2.33. The van der Waals surface area contributed by atoms with Crippen LogP contribution in [-0.2, 0) is 0 Å². The highest BCUT2D eigenvalue weighted by Gasteiger charge is 2.13. The third-order valence-electron chi connectivity index (χ3n) is 3.74. The monoisotopic (exact) mass is 333 g/mol. The average Bonchev–Trinajstić information content (AvgIpc) is 2.62. The van der Waals surface area contributed by atoms with Crippen LogP contribution < -0.4 is 5.73 Å². The lowest BCUT2D eigenvalue weighted by atomic mass is 10.0. The molecule has 2 N–H and O–H groups in total. The van der Waals surface area contributed by atoms with Gasteiger partial charge in [0.05, 0.1) is 11.1 Å². The Balaban J connectivity index is 2.03. The Morgan fingerprint density at radius 1 is 0.875 bits per heavy atom. The molecule has 4 rings (SSSR count). The third kappa shape index (κ3) is 2.55. The molecule has 0 saturated heterocycles. The zero-order valence-corrected chi connectivity index (χ0v) is 13.3. The summed E-state index contributed by atoms with van der Waals surface area (Å²) < 4.78 is 0. The third-order valence-corrected chi connectivity index (χ3v) is 3.96. The van der Waals surface area contributed by atoms with E-state index in [1.165, 1.54) is 6.33 Å². The molecule has 4 aromatic rings. The van der Waals surface area contributed by atoms with Crippen LogP contribution in [0.4, 0.5) is 5.82 Å². The van der Waals surface area contributed by atoms with E-state index in [4.69, 9.17) is 17.3 Å². The number of hydrogen-bond donors (Lipinski definition) is 1. The Kier molecular flexibility index (Phi) is 3.55. The van der Waals surface area contributed by atoms with Gasteiger partial charge in [-0.2, -0.15) is 0 Å². The van der Waals surface area contributed by atoms with E-state index in [0.29, 0.717) is 16.6 Å². The van der Waals surface area contributed by atoms with Gasteiger partial charge in [-0.25, -0.2) is 19.9 Å². The van der Waals surface area contributed by atoms with Crippen molar-refractivity contribution in [3.63, 3.8) is 0 Å². The number of nitrogen functional groups attached to an aromatic ring is 1. The number of rotatable bonds is 2. The lowest BCUT2D eigenvalue weighted by Gasteiger charge is -2.10. The van der Waals surface area contributed by atoms with Crippen molar-refractivity contribution in [3.8, 4) is 22.4 Å². The predicted octanol–water partition coefficient (Wildman–Crippen LogP) is 3.99. The van der Waals surface area contributed by atoms with Gasteiger partial charge in [0.15, 0.2) is 5.65 Å². The maximum Gasteiger partial charge on any atom is 0.165 e. The Morgan fingerprint density at radius 2 is 1.71 bits per heavy atom. The van der Waals surface area contributed by atoms with Gasteiger partial charge in [-0.3, -0.25) is 0 Å². The van der Waals surface area contributed by atoms with Gasteiger partial charge in [0, 0.05) is 11.8 Å². The van der Waals surface area contributed by atoms with Gasteiger partial charge in [0.2, 0.25) is 0 Å². The topological polar surface area (TPSA) is 77.6 Å². The van der Waals surface area contributed by atoms with Gasteiger partial charge in [-0.15, -0.1) is 0 Å². The minimum atomic E-state index is 0.409. The summed E-state index contributed by atoms with van der Waals surface area (Å²) >= 11 is 5.87. The van der Waals surface area contributed by atoms with E-state index < -0.39 is 0 Å². The standard InChI is InChI=1S/C18H12ClN5/c19-15-7-6-12(9-21-15)14-8-13(11-4-2-1-3-5-11)16-17(20)22-10-23-18(16)24-14/h1-10H,(H2,20,22,23,24). The maximum absolute atomic E-state index is 6.08. The van der Waals surface area contributed by atoms with E-state index in [-0.39, 0.29) is 0 Å². The van der Waals surface area contributed by atoms with Crippen molar-refractivity contribution in [2.75, 3.05) is 5.73 Å². The van der Waals surface area contributed by atoms with Crippen molar-refractivity contribution in [3.05, 3.63) is 66.2 Å². The Bertz CT molecular complexity index is 1020. The molecule has 0 bridgehead atoms. The molecule has 6 heteroatoms. The minimum Gasteiger partial charge on any atom is -0.383 e. The molecule has 1 aromatic carbocycles. The number of aromatic nitrogens is 4. The summed E-state index contributed by atoms with van der Waals surface area (Å²) in [6, 6.07) is 15.5.